The summed E-state index contributed by atoms with van der Waals surface area (Å²) in [5.74, 6) is -0.149. The first-order valence-corrected chi connectivity index (χ1v) is 7.87. The molecule has 4 rings (SSSR count). The van der Waals surface area contributed by atoms with Gasteiger partial charge in [-0.15, -0.1) is 0 Å². The summed E-state index contributed by atoms with van der Waals surface area (Å²) < 4.78 is 7.08. The normalized spacial score (nSPS) is 17.5. The van der Waals surface area contributed by atoms with E-state index in [9.17, 15) is 9.59 Å². The summed E-state index contributed by atoms with van der Waals surface area (Å²) in [5, 5.41) is 4.86. The Balaban J connectivity index is 1.89. The highest BCUT2D eigenvalue weighted by molar-refractivity contribution is 6.01. The van der Waals surface area contributed by atoms with E-state index in [-0.39, 0.29) is 11.5 Å². The summed E-state index contributed by atoms with van der Waals surface area (Å²) in [6.07, 6.45) is 1.52. The van der Waals surface area contributed by atoms with Crippen molar-refractivity contribution in [3.05, 3.63) is 46.4 Å². The van der Waals surface area contributed by atoms with Gasteiger partial charge >= 0.3 is 0 Å². The Kier molecular flexibility index (Phi) is 3.21. The Morgan fingerprint density at radius 1 is 1.33 bits per heavy atom. The van der Waals surface area contributed by atoms with Crippen molar-refractivity contribution in [3.8, 4) is 0 Å². The van der Waals surface area contributed by atoms with Crippen molar-refractivity contribution in [3.63, 3.8) is 0 Å². The summed E-state index contributed by atoms with van der Waals surface area (Å²) >= 11 is 0. The quantitative estimate of drug-likeness (QED) is 0.733. The Morgan fingerprint density at radius 3 is 2.92 bits per heavy atom. The molecule has 24 heavy (non-hydrogen) atoms. The number of amides is 1. The van der Waals surface area contributed by atoms with Gasteiger partial charge in [-0.3, -0.25) is 9.59 Å². The molecule has 1 aliphatic heterocycles. The van der Waals surface area contributed by atoms with Gasteiger partial charge in [0.25, 0.3) is 11.5 Å². The van der Waals surface area contributed by atoms with Crippen LogP contribution in [-0.4, -0.2) is 50.7 Å². The fraction of sp³-hybridized carbons (Fsp3) is 0.353. The molecule has 0 spiro atoms. The molecule has 124 valence electrons. The van der Waals surface area contributed by atoms with Gasteiger partial charge in [0, 0.05) is 6.54 Å². The van der Waals surface area contributed by atoms with Gasteiger partial charge in [0.1, 0.15) is 11.2 Å². The van der Waals surface area contributed by atoms with Crippen molar-refractivity contribution in [2.45, 2.75) is 19.4 Å². The van der Waals surface area contributed by atoms with Gasteiger partial charge < -0.3 is 14.6 Å². The maximum Gasteiger partial charge on any atom is 0.259 e. The van der Waals surface area contributed by atoms with Crippen molar-refractivity contribution in [1.82, 2.24) is 19.5 Å². The number of para-hydroxylation sites is 1. The van der Waals surface area contributed by atoms with Gasteiger partial charge in [0.05, 0.1) is 35.9 Å². The Hall–Kier alpha value is -2.67. The average Bonchev–Trinajstić information content (AvgIpc) is 2.98. The summed E-state index contributed by atoms with van der Waals surface area (Å²) in [6, 6.07) is 7.20. The number of hydrogen-bond donors (Lipinski definition) is 1. The lowest BCUT2D eigenvalue weighted by molar-refractivity contribution is -0.0369. The minimum atomic E-state index is -0.402. The number of aromatic nitrogens is 3. The van der Waals surface area contributed by atoms with Gasteiger partial charge in [-0.05, 0) is 26.0 Å². The molecule has 3 aromatic rings. The molecule has 0 unspecified atom stereocenters. The largest absolute Gasteiger partial charge is 0.377 e. The van der Waals surface area contributed by atoms with Crippen LogP contribution in [0.1, 0.15) is 24.2 Å². The van der Waals surface area contributed by atoms with Crippen LogP contribution in [0, 0.1) is 0 Å². The van der Waals surface area contributed by atoms with E-state index in [0.29, 0.717) is 41.9 Å². The van der Waals surface area contributed by atoms with Crippen LogP contribution in [0.25, 0.3) is 16.6 Å². The van der Waals surface area contributed by atoms with Crippen LogP contribution in [0.3, 0.4) is 0 Å². The number of carbonyl (C=O) groups is 1. The number of fused-ring (bicyclic) bond motifs is 3. The standard InChI is InChI=1S/C17H18N4O3/c1-17(2)10-24-8-7-20(17)16(23)12-9-18-21-13-6-4-3-5-11(13)15(22)19-14(12)21/h3-6,9H,7-8,10H2,1-2H3,(H,19,22). The molecule has 1 N–H and O–H groups in total. The van der Waals surface area contributed by atoms with E-state index in [2.05, 4.69) is 10.1 Å². The molecule has 1 fully saturated rings. The van der Waals surface area contributed by atoms with Gasteiger partial charge in [0.2, 0.25) is 0 Å². The van der Waals surface area contributed by atoms with Gasteiger partial charge in [-0.2, -0.15) is 5.10 Å². The second kappa shape index (κ2) is 5.17. The molecule has 2 aromatic heterocycles. The molecule has 7 nitrogen and oxygen atoms in total. The zero-order chi connectivity index (χ0) is 16.9. The third kappa shape index (κ3) is 2.12. The second-order valence-corrected chi connectivity index (χ2v) is 6.61. The van der Waals surface area contributed by atoms with Crippen LogP contribution in [-0.2, 0) is 4.74 Å². The zero-order valence-electron chi connectivity index (χ0n) is 13.6. The number of nitrogens with one attached hydrogen (secondary N) is 1. The van der Waals surface area contributed by atoms with Crippen molar-refractivity contribution in [2.24, 2.45) is 0 Å². The van der Waals surface area contributed by atoms with Crippen LogP contribution in [0.4, 0.5) is 0 Å². The molecule has 7 heteroatoms. The van der Waals surface area contributed by atoms with Crippen LogP contribution in [0.5, 0.6) is 0 Å². The summed E-state index contributed by atoms with van der Waals surface area (Å²) in [5.41, 5.74) is 0.866. The lowest BCUT2D eigenvalue weighted by Crippen LogP contribution is -2.55. The predicted molar refractivity (Wildman–Crippen MR) is 89.3 cm³/mol. The zero-order valence-corrected chi connectivity index (χ0v) is 13.6. The van der Waals surface area contributed by atoms with E-state index in [0.717, 1.165) is 0 Å². The molecular weight excluding hydrogens is 308 g/mol. The number of H-pyrrole nitrogens is 1. The van der Waals surface area contributed by atoms with Crippen molar-refractivity contribution < 1.29 is 9.53 Å². The fourth-order valence-electron chi connectivity index (χ4n) is 3.21. The SMILES string of the molecule is CC1(C)COCCN1C(=O)c1cnn2c1[nH]c(=O)c1ccccc12. The molecule has 0 saturated carbocycles. The second-order valence-electron chi connectivity index (χ2n) is 6.61. The lowest BCUT2D eigenvalue weighted by Gasteiger charge is -2.41. The third-order valence-corrected chi connectivity index (χ3v) is 4.50. The van der Waals surface area contributed by atoms with E-state index < -0.39 is 5.54 Å². The van der Waals surface area contributed by atoms with Crippen LogP contribution in [0.2, 0.25) is 0 Å². The highest BCUT2D eigenvalue weighted by Crippen LogP contribution is 2.23. The first kappa shape index (κ1) is 14.9. The molecule has 0 bridgehead atoms. The third-order valence-electron chi connectivity index (χ3n) is 4.50. The average molecular weight is 326 g/mol. The number of morpholine rings is 1. The minimum Gasteiger partial charge on any atom is -0.377 e. The molecule has 1 saturated heterocycles. The molecule has 1 aromatic carbocycles. The first-order chi connectivity index (χ1) is 11.5. The smallest absolute Gasteiger partial charge is 0.259 e. The van der Waals surface area contributed by atoms with E-state index in [1.54, 1.807) is 21.5 Å². The molecule has 1 amide bonds. The Bertz CT molecular complexity index is 1000. The van der Waals surface area contributed by atoms with Crippen molar-refractivity contribution in [1.29, 1.82) is 0 Å². The summed E-state index contributed by atoms with van der Waals surface area (Å²) in [7, 11) is 0. The fourth-order valence-corrected chi connectivity index (χ4v) is 3.21. The summed E-state index contributed by atoms with van der Waals surface area (Å²) in [6.45, 7) is 5.44. The first-order valence-electron chi connectivity index (χ1n) is 7.87. The maximum atomic E-state index is 13.0. The molecule has 0 aliphatic carbocycles. The van der Waals surface area contributed by atoms with Gasteiger partial charge in [-0.25, -0.2) is 4.52 Å². The van der Waals surface area contributed by atoms with Crippen LogP contribution >= 0.6 is 0 Å². The van der Waals surface area contributed by atoms with E-state index in [4.69, 9.17) is 4.74 Å². The van der Waals surface area contributed by atoms with E-state index in [1.165, 1.54) is 6.20 Å². The molecule has 0 atom stereocenters. The van der Waals surface area contributed by atoms with Crippen molar-refractivity contribution in [2.75, 3.05) is 19.8 Å². The molecule has 3 heterocycles. The maximum absolute atomic E-state index is 13.0. The van der Waals surface area contributed by atoms with Gasteiger partial charge in [-0.1, -0.05) is 12.1 Å². The number of ether oxygens (including phenoxy) is 1. The summed E-state index contributed by atoms with van der Waals surface area (Å²) in [4.78, 5) is 29.9. The number of nitrogens with zero attached hydrogens (tertiary/aromatic N) is 3. The topological polar surface area (TPSA) is 79.7 Å². The number of aromatic amines is 1. The van der Waals surface area contributed by atoms with E-state index >= 15 is 0 Å². The lowest BCUT2D eigenvalue weighted by atomic mass is 10.0. The van der Waals surface area contributed by atoms with Crippen LogP contribution < -0.4 is 5.56 Å². The Labute approximate surface area is 137 Å². The molecule has 0 radical (unpaired) electrons. The number of carbonyl (C=O) groups excluding carboxylic acids is 1. The molecular formula is C17H18N4O3. The monoisotopic (exact) mass is 326 g/mol. The highest BCUT2D eigenvalue weighted by atomic mass is 16.5. The highest BCUT2D eigenvalue weighted by Gasteiger charge is 2.35. The molecule has 1 aliphatic rings. The Morgan fingerprint density at radius 2 is 2.12 bits per heavy atom. The number of rotatable bonds is 1. The van der Waals surface area contributed by atoms with E-state index in [1.807, 2.05) is 26.0 Å². The minimum absolute atomic E-state index is 0.149. The number of hydrogen-bond acceptors (Lipinski definition) is 4. The van der Waals surface area contributed by atoms with Gasteiger partial charge in [0.15, 0.2) is 0 Å². The van der Waals surface area contributed by atoms with Crippen molar-refractivity contribution >= 4 is 22.5 Å². The predicted octanol–water partition coefficient (Wildman–Crippen LogP) is 1.43. The number of benzene rings is 1. The van der Waals surface area contributed by atoms with Crippen LogP contribution in [0.15, 0.2) is 35.3 Å².